The van der Waals surface area contributed by atoms with Crippen molar-refractivity contribution in [2.75, 3.05) is 13.2 Å². The number of carbonyl (C=O) groups excluding carboxylic acids is 3. The Hall–Kier alpha value is -3.67. The molecule has 6 nitrogen and oxygen atoms in total. The quantitative estimate of drug-likeness (QED) is 0.0262. The van der Waals surface area contributed by atoms with Gasteiger partial charge < -0.3 is 14.2 Å². The standard InChI is InChI=1S/C58H96O6/c1-4-7-10-13-16-19-22-25-27-28-29-30-32-33-36-39-42-45-48-51-57(60)63-54-55(53-62-56(59)50-47-44-41-38-35-24-21-18-15-12-9-6-3)64-58(61)52-49-46-43-40-37-34-31-26-23-20-17-14-11-8-5-2/h8,11,16-21,25-27,29-31,37,40,55H,4-7,9-10,12-15,22-24,28,32-36,38-39,41-54H2,1-3H3/b11-8-,19-16-,20-17-,21-18-,27-25-,30-29-,31-26-,40-37-/t55-/m1/s1. The van der Waals surface area contributed by atoms with Gasteiger partial charge in [0.15, 0.2) is 6.10 Å². The molecular weight excluding hydrogens is 793 g/mol. The first-order valence-corrected chi connectivity index (χ1v) is 26.2. The molecule has 0 aliphatic heterocycles. The monoisotopic (exact) mass is 889 g/mol. The normalized spacial score (nSPS) is 12.9. The number of rotatable bonds is 46. The minimum absolute atomic E-state index is 0.104. The number of carbonyl (C=O) groups is 3. The maximum absolute atomic E-state index is 12.8. The van der Waals surface area contributed by atoms with Crippen molar-refractivity contribution in [3.63, 3.8) is 0 Å². The van der Waals surface area contributed by atoms with Gasteiger partial charge in [0.1, 0.15) is 13.2 Å². The second-order valence-corrected chi connectivity index (χ2v) is 17.0. The van der Waals surface area contributed by atoms with Crippen molar-refractivity contribution in [3.8, 4) is 0 Å². The van der Waals surface area contributed by atoms with Gasteiger partial charge in [-0.3, -0.25) is 14.4 Å². The van der Waals surface area contributed by atoms with Gasteiger partial charge in [0, 0.05) is 19.3 Å². The molecule has 0 aromatic heterocycles. The first-order valence-electron chi connectivity index (χ1n) is 26.2. The van der Waals surface area contributed by atoms with Gasteiger partial charge in [-0.05, 0) is 122 Å². The average molecular weight is 889 g/mol. The molecule has 0 rings (SSSR count). The lowest BCUT2D eigenvalue weighted by molar-refractivity contribution is -0.167. The van der Waals surface area contributed by atoms with Crippen molar-refractivity contribution < 1.29 is 28.6 Å². The van der Waals surface area contributed by atoms with E-state index in [4.69, 9.17) is 14.2 Å². The zero-order chi connectivity index (χ0) is 46.5. The van der Waals surface area contributed by atoms with Crippen molar-refractivity contribution in [1.29, 1.82) is 0 Å². The van der Waals surface area contributed by atoms with Crippen LogP contribution in [0.1, 0.15) is 233 Å². The first kappa shape index (κ1) is 60.3. The summed E-state index contributed by atoms with van der Waals surface area (Å²) in [7, 11) is 0. The first-order chi connectivity index (χ1) is 31.5. The molecule has 64 heavy (non-hydrogen) atoms. The molecule has 0 aromatic carbocycles. The van der Waals surface area contributed by atoms with Crippen LogP contribution in [-0.2, 0) is 28.6 Å². The summed E-state index contributed by atoms with van der Waals surface area (Å²) < 4.78 is 16.7. The maximum atomic E-state index is 12.8. The van der Waals surface area contributed by atoms with Crippen LogP contribution in [0.4, 0.5) is 0 Å². The van der Waals surface area contributed by atoms with E-state index in [1.54, 1.807) is 0 Å². The van der Waals surface area contributed by atoms with E-state index in [2.05, 4.69) is 118 Å². The highest BCUT2D eigenvalue weighted by Gasteiger charge is 2.19. The van der Waals surface area contributed by atoms with Gasteiger partial charge >= 0.3 is 17.9 Å². The predicted molar refractivity (Wildman–Crippen MR) is 274 cm³/mol. The predicted octanol–water partition coefficient (Wildman–Crippen LogP) is 17.4. The van der Waals surface area contributed by atoms with E-state index >= 15 is 0 Å². The number of allylic oxidation sites excluding steroid dienone is 16. The summed E-state index contributed by atoms with van der Waals surface area (Å²) in [5.74, 6) is -0.971. The third-order valence-corrected chi connectivity index (χ3v) is 10.8. The minimum Gasteiger partial charge on any atom is -0.462 e. The topological polar surface area (TPSA) is 78.9 Å². The molecule has 0 heterocycles. The van der Waals surface area contributed by atoms with Gasteiger partial charge in [-0.15, -0.1) is 0 Å². The molecule has 0 N–H and O–H groups in total. The number of hydrogen-bond donors (Lipinski definition) is 0. The molecule has 0 saturated heterocycles. The highest BCUT2D eigenvalue weighted by molar-refractivity contribution is 5.71. The van der Waals surface area contributed by atoms with E-state index in [-0.39, 0.29) is 37.5 Å². The molecule has 364 valence electrons. The highest BCUT2D eigenvalue weighted by atomic mass is 16.6. The van der Waals surface area contributed by atoms with E-state index in [0.717, 1.165) is 116 Å². The van der Waals surface area contributed by atoms with Gasteiger partial charge in [-0.25, -0.2) is 0 Å². The number of esters is 3. The number of hydrogen-bond acceptors (Lipinski definition) is 6. The number of unbranched alkanes of at least 4 members (excludes halogenated alkanes) is 19. The van der Waals surface area contributed by atoms with E-state index in [9.17, 15) is 14.4 Å². The Bertz CT molecular complexity index is 1300. The second-order valence-electron chi connectivity index (χ2n) is 17.0. The SMILES string of the molecule is CC/C=C\C/C=C\C/C=C\C/C=C\CCCCC(=O)O[C@H](COC(=O)CCCCCCC/C=C\CCCCC)COC(=O)CCCCCCCC/C=C\C/C=C\C/C=C\CCCCC. The highest BCUT2D eigenvalue weighted by Crippen LogP contribution is 2.13. The van der Waals surface area contributed by atoms with Crippen LogP contribution in [-0.4, -0.2) is 37.2 Å². The van der Waals surface area contributed by atoms with Gasteiger partial charge in [0.25, 0.3) is 0 Å². The summed E-state index contributed by atoms with van der Waals surface area (Å²) in [5.41, 5.74) is 0. The lowest BCUT2D eigenvalue weighted by Crippen LogP contribution is -2.30. The Balaban J connectivity index is 4.47. The smallest absolute Gasteiger partial charge is 0.306 e. The molecule has 0 radical (unpaired) electrons. The van der Waals surface area contributed by atoms with Gasteiger partial charge in [-0.1, -0.05) is 189 Å². The third kappa shape index (κ3) is 49.3. The fourth-order valence-corrected chi connectivity index (χ4v) is 6.84. The average Bonchev–Trinajstić information content (AvgIpc) is 3.29. The van der Waals surface area contributed by atoms with Crippen LogP contribution < -0.4 is 0 Å². The Morgan fingerprint density at radius 1 is 0.328 bits per heavy atom. The zero-order valence-corrected chi connectivity index (χ0v) is 41.5. The van der Waals surface area contributed by atoms with Crippen LogP contribution in [0, 0.1) is 0 Å². The molecule has 0 aromatic rings. The van der Waals surface area contributed by atoms with E-state index in [1.165, 1.54) is 70.6 Å². The Morgan fingerprint density at radius 3 is 1.00 bits per heavy atom. The fraction of sp³-hybridized carbons (Fsp3) is 0.672. The molecule has 6 heteroatoms. The van der Waals surface area contributed by atoms with Gasteiger partial charge in [0.05, 0.1) is 0 Å². The Morgan fingerprint density at radius 2 is 0.609 bits per heavy atom. The van der Waals surface area contributed by atoms with Crippen LogP contribution in [0.5, 0.6) is 0 Å². The maximum Gasteiger partial charge on any atom is 0.306 e. The summed E-state index contributed by atoms with van der Waals surface area (Å²) in [6, 6.07) is 0. The molecule has 0 bridgehead atoms. The van der Waals surface area contributed by atoms with Crippen LogP contribution >= 0.6 is 0 Å². The van der Waals surface area contributed by atoms with Crippen molar-refractivity contribution >= 4 is 17.9 Å². The van der Waals surface area contributed by atoms with Gasteiger partial charge in [0.2, 0.25) is 0 Å². The second kappa shape index (κ2) is 52.0. The summed E-state index contributed by atoms with van der Waals surface area (Å²) in [6.45, 7) is 6.41. The van der Waals surface area contributed by atoms with Crippen molar-refractivity contribution in [2.45, 2.75) is 239 Å². The molecule has 0 aliphatic rings. The third-order valence-electron chi connectivity index (χ3n) is 10.8. The molecule has 1 atom stereocenters. The minimum atomic E-state index is -0.808. The number of ether oxygens (including phenoxy) is 3. The summed E-state index contributed by atoms with van der Waals surface area (Å²) in [6.07, 6.45) is 68.2. The molecule has 0 spiro atoms. The summed E-state index contributed by atoms with van der Waals surface area (Å²) in [4.78, 5) is 38.0. The molecule has 0 fully saturated rings. The van der Waals surface area contributed by atoms with E-state index in [1.807, 2.05) is 0 Å². The fourth-order valence-electron chi connectivity index (χ4n) is 6.84. The van der Waals surface area contributed by atoms with Gasteiger partial charge in [-0.2, -0.15) is 0 Å². The summed E-state index contributed by atoms with van der Waals surface area (Å²) in [5, 5.41) is 0. The van der Waals surface area contributed by atoms with E-state index < -0.39 is 6.10 Å². The van der Waals surface area contributed by atoms with Crippen LogP contribution in [0.3, 0.4) is 0 Å². The molecule has 0 amide bonds. The van der Waals surface area contributed by atoms with Crippen LogP contribution in [0.25, 0.3) is 0 Å². The van der Waals surface area contributed by atoms with Crippen LogP contribution in [0.2, 0.25) is 0 Å². The Kier molecular flexibility index (Phi) is 49.0. The molecule has 0 saturated carbocycles. The Labute approximate surface area is 394 Å². The van der Waals surface area contributed by atoms with Crippen molar-refractivity contribution in [3.05, 3.63) is 97.2 Å². The summed E-state index contributed by atoms with van der Waals surface area (Å²) >= 11 is 0. The molecule has 0 aliphatic carbocycles. The van der Waals surface area contributed by atoms with Crippen molar-refractivity contribution in [2.24, 2.45) is 0 Å². The lowest BCUT2D eigenvalue weighted by Gasteiger charge is -2.18. The molecule has 0 unspecified atom stereocenters. The van der Waals surface area contributed by atoms with Crippen molar-refractivity contribution in [1.82, 2.24) is 0 Å². The van der Waals surface area contributed by atoms with Crippen LogP contribution in [0.15, 0.2) is 97.2 Å². The largest absolute Gasteiger partial charge is 0.462 e. The van der Waals surface area contributed by atoms with E-state index in [0.29, 0.717) is 19.3 Å². The lowest BCUT2D eigenvalue weighted by atomic mass is 10.1. The zero-order valence-electron chi connectivity index (χ0n) is 41.5. The molecular formula is C58H96O6.